The minimum atomic E-state index is -1.04. The van der Waals surface area contributed by atoms with Gasteiger partial charge >= 0.3 is 0 Å². The molecule has 8 heteroatoms. The number of carbonyl (C=O) groups is 2. The monoisotopic (exact) mass is 530 g/mol. The zero-order valence-electron chi connectivity index (χ0n) is 21.8. The molecule has 5 rings (SSSR count). The van der Waals surface area contributed by atoms with E-state index in [-0.39, 0.29) is 23.4 Å². The number of nitrogens with zero attached hydrogens (tertiary/aromatic N) is 2. The van der Waals surface area contributed by atoms with Crippen LogP contribution >= 0.6 is 0 Å². The highest BCUT2D eigenvalue weighted by molar-refractivity contribution is 6.46. The first-order valence-electron chi connectivity index (χ1n) is 13.0. The van der Waals surface area contributed by atoms with Gasteiger partial charge in [0.15, 0.2) is 0 Å². The number of aliphatic hydroxyl groups excluding tert-OH is 1. The van der Waals surface area contributed by atoms with E-state index in [0.29, 0.717) is 50.8 Å². The highest BCUT2D eigenvalue weighted by Gasteiger charge is 2.46. The molecule has 2 aliphatic heterocycles. The Hall–Kier alpha value is -4.01. The molecule has 0 aliphatic carbocycles. The number of aryl methyl sites for hydroxylation is 1. The van der Waals surface area contributed by atoms with Crippen LogP contribution in [-0.2, 0) is 20.9 Å². The fraction of sp³-hybridized carbons (Fsp3) is 0.290. The smallest absolute Gasteiger partial charge is 0.295 e. The van der Waals surface area contributed by atoms with Gasteiger partial charge in [0.25, 0.3) is 11.7 Å². The molecule has 7 nitrogen and oxygen atoms in total. The molecule has 0 saturated carbocycles. The number of hydrogen-bond donors (Lipinski definition) is 1. The van der Waals surface area contributed by atoms with Gasteiger partial charge in [-0.25, -0.2) is 4.39 Å². The third kappa shape index (κ3) is 5.87. The van der Waals surface area contributed by atoms with Gasteiger partial charge in [0, 0.05) is 37.3 Å². The third-order valence-corrected chi connectivity index (χ3v) is 7.12. The largest absolute Gasteiger partial charge is 0.507 e. The fourth-order valence-corrected chi connectivity index (χ4v) is 5.04. The van der Waals surface area contributed by atoms with Crippen molar-refractivity contribution < 1.29 is 28.6 Å². The maximum absolute atomic E-state index is 15.0. The molecular formula is C31H31FN2O5. The normalized spacial score (nSPS) is 19.4. The Labute approximate surface area is 227 Å². The van der Waals surface area contributed by atoms with Crippen molar-refractivity contribution in [2.45, 2.75) is 19.6 Å². The number of carbonyl (C=O) groups excluding carboxylic acids is 2. The van der Waals surface area contributed by atoms with Gasteiger partial charge in [-0.15, -0.1) is 0 Å². The van der Waals surface area contributed by atoms with Crippen molar-refractivity contribution >= 4 is 17.4 Å². The minimum Gasteiger partial charge on any atom is -0.507 e. The number of ether oxygens (including phenoxy) is 2. The van der Waals surface area contributed by atoms with Gasteiger partial charge in [-0.3, -0.25) is 14.5 Å². The summed E-state index contributed by atoms with van der Waals surface area (Å²) in [5.74, 6) is -1.89. The van der Waals surface area contributed by atoms with E-state index in [1.807, 2.05) is 31.2 Å². The Morgan fingerprint density at radius 3 is 2.46 bits per heavy atom. The number of rotatable bonds is 8. The summed E-state index contributed by atoms with van der Waals surface area (Å²) in [5, 5.41) is 11.3. The van der Waals surface area contributed by atoms with Gasteiger partial charge in [0.05, 0.1) is 24.8 Å². The number of benzene rings is 3. The van der Waals surface area contributed by atoms with E-state index in [2.05, 4.69) is 4.90 Å². The quantitative estimate of drug-likeness (QED) is 0.263. The number of halogens is 1. The van der Waals surface area contributed by atoms with Gasteiger partial charge in [-0.05, 0) is 42.8 Å². The molecule has 3 aromatic rings. The molecule has 2 aliphatic rings. The maximum atomic E-state index is 15.0. The topological polar surface area (TPSA) is 79.3 Å². The lowest BCUT2D eigenvalue weighted by Crippen LogP contribution is -2.42. The maximum Gasteiger partial charge on any atom is 0.295 e. The van der Waals surface area contributed by atoms with E-state index in [1.165, 1.54) is 11.0 Å². The Bertz CT molecular complexity index is 1380. The highest BCUT2D eigenvalue weighted by atomic mass is 19.1. The van der Waals surface area contributed by atoms with E-state index in [0.717, 1.165) is 11.1 Å². The first-order valence-corrected chi connectivity index (χ1v) is 13.0. The molecule has 1 unspecified atom stereocenters. The first-order chi connectivity index (χ1) is 18.9. The van der Waals surface area contributed by atoms with E-state index in [9.17, 15) is 14.7 Å². The number of likely N-dealkylation sites (tertiary alicyclic amines) is 1. The molecule has 39 heavy (non-hydrogen) atoms. The van der Waals surface area contributed by atoms with E-state index >= 15 is 4.39 Å². The molecule has 0 spiro atoms. The van der Waals surface area contributed by atoms with Crippen LogP contribution in [-0.4, -0.2) is 66.0 Å². The summed E-state index contributed by atoms with van der Waals surface area (Å²) in [6.07, 6.45) is 0. The molecule has 2 saturated heterocycles. The number of ketones is 1. The lowest BCUT2D eigenvalue weighted by Gasteiger charge is -2.31. The zero-order chi connectivity index (χ0) is 27.4. The highest BCUT2D eigenvalue weighted by Crippen LogP contribution is 2.40. The molecule has 0 aromatic heterocycles. The van der Waals surface area contributed by atoms with Crippen LogP contribution in [0, 0.1) is 12.7 Å². The SMILES string of the molecule is Cc1cccc(COc2ccc(C(O)=C3C(=O)C(=O)N(CCN4CCOCC4)C3c3ccccc3F)cc2)c1. The van der Waals surface area contributed by atoms with Crippen LogP contribution in [0.25, 0.3) is 5.76 Å². The van der Waals surface area contributed by atoms with Crippen LogP contribution in [0.5, 0.6) is 5.75 Å². The number of Topliss-reactive ketones (excluding diaryl/α,β-unsaturated/α-hetero) is 1. The minimum absolute atomic E-state index is 0.125. The van der Waals surface area contributed by atoms with Gasteiger partial charge in [-0.2, -0.15) is 0 Å². The predicted molar refractivity (Wildman–Crippen MR) is 145 cm³/mol. The average Bonchev–Trinajstić information content (AvgIpc) is 3.20. The van der Waals surface area contributed by atoms with Crippen molar-refractivity contribution in [1.29, 1.82) is 0 Å². The second-order valence-corrected chi connectivity index (χ2v) is 9.77. The van der Waals surface area contributed by atoms with Crippen LogP contribution in [0.2, 0.25) is 0 Å². The van der Waals surface area contributed by atoms with Crippen LogP contribution < -0.4 is 4.74 Å². The second kappa shape index (κ2) is 11.8. The Morgan fingerprint density at radius 2 is 1.74 bits per heavy atom. The van der Waals surface area contributed by atoms with Crippen molar-refractivity contribution in [1.82, 2.24) is 9.80 Å². The Morgan fingerprint density at radius 1 is 1.00 bits per heavy atom. The number of aliphatic hydroxyl groups is 1. The molecule has 0 bridgehead atoms. The van der Waals surface area contributed by atoms with Crippen molar-refractivity contribution in [2.75, 3.05) is 39.4 Å². The molecule has 202 valence electrons. The lowest BCUT2D eigenvalue weighted by atomic mass is 9.95. The van der Waals surface area contributed by atoms with Crippen LogP contribution in [0.3, 0.4) is 0 Å². The summed E-state index contributed by atoms with van der Waals surface area (Å²) in [6.45, 7) is 5.75. The molecule has 1 atom stereocenters. The summed E-state index contributed by atoms with van der Waals surface area (Å²) in [5.41, 5.74) is 2.55. The average molecular weight is 531 g/mol. The first kappa shape index (κ1) is 26.6. The molecule has 1 amide bonds. The third-order valence-electron chi connectivity index (χ3n) is 7.12. The van der Waals surface area contributed by atoms with Crippen molar-refractivity contribution in [3.8, 4) is 5.75 Å². The molecule has 2 fully saturated rings. The standard InChI is InChI=1S/C31H31FN2O5/c1-21-5-4-6-22(19-21)20-39-24-11-9-23(10-12-24)29(35)27-28(25-7-2-3-8-26(25)32)34(31(37)30(27)36)14-13-33-15-17-38-18-16-33/h2-12,19,28,35H,13-18,20H2,1H3. The van der Waals surface area contributed by atoms with Gasteiger partial charge < -0.3 is 19.5 Å². The molecule has 3 aromatic carbocycles. The van der Waals surface area contributed by atoms with Crippen molar-refractivity contribution in [3.05, 3.63) is 106 Å². The van der Waals surface area contributed by atoms with Crippen LogP contribution in [0.4, 0.5) is 4.39 Å². The molecule has 1 N–H and O–H groups in total. The summed E-state index contributed by atoms with van der Waals surface area (Å²) >= 11 is 0. The fourth-order valence-electron chi connectivity index (χ4n) is 5.04. The second-order valence-electron chi connectivity index (χ2n) is 9.77. The van der Waals surface area contributed by atoms with Gasteiger partial charge in [-0.1, -0.05) is 48.0 Å². The number of hydrogen-bond acceptors (Lipinski definition) is 6. The number of morpholine rings is 1. The summed E-state index contributed by atoms with van der Waals surface area (Å²) in [4.78, 5) is 29.9. The van der Waals surface area contributed by atoms with E-state index < -0.39 is 23.5 Å². The summed E-state index contributed by atoms with van der Waals surface area (Å²) in [6, 6.07) is 19.6. The van der Waals surface area contributed by atoms with Crippen molar-refractivity contribution in [3.63, 3.8) is 0 Å². The predicted octanol–water partition coefficient (Wildman–Crippen LogP) is 4.47. The van der Waals surface area contributed by atoms with Gasteiger partial charge in [0.1, 0.15) is 23.9 Å². The number of amides is 1. The van der Waals surface area contributed by atoms with E-state index in [4.69, 9.17) is 9.47 Å². The zero-order valence-corrected chi connectivity index (χ0v) is 21.8. The van der Waals surface area contributed by atoms with E-state index in [1.54, 1.807) is 42.5 Å². The summed E-state index contributed by atoms with van der Waals surface area (Å²) in [7, 11) is 0. The van der Waals surface area contributed by atoms with Crippen LogP contribution in [0.15, 0.2) is 78.4 Å². The molecule has 0 radical (unpaired) electrons. The lowest BCUT2D eigenvalue weighted by molar-refractivity contribution is -0.140. The van der Waals surface area contributed by atoms with Crippen LogP contribution in [0.1, 0.15) is 28.3 Å². The van der Waals surface area contributed by atoms with Gasteiger partial charge in [0.2, 0.25) is 0 Å². The molecule has 2 heterocycles. The summed E-state index contributed by atoms with van der Waals surface area (Å²) < 4.78 is 26.3. The molecular weight excluding hydrogens is 499 g/mol. The van der Waals surface area contributed by atoms with Crippen molar-refractivity contribution in [2.24, 2.45) is 0 Å². The Balaban J connectivity index is 1.42. The Kier molecular flexibility index (Phi) is 8.05.